The first-order valence-electron chi connectivity index (χ1n) is 5.81. The molecule has 2 atom stereocenters. The number of carbonyl (C=O) groups is 1. The van der Waals surface area contributed by atoms with E-state index in [1.54, 1.807) is 0 Å². The number of hydrogen-bond donors (Lipinski definition) is 3. The summed E-state index contributed by atoms with van der Waals surface area (Å²) in [5.41, 5.74) is 5.49. The van der Waals surface area contributed by atoms with Crippen molar-refractivity contribution in [2.24, 2.45) is 11.7 Å². The smallest absolute Gasteiger partial charge is 0.407 e. The summed E-state index contributed by atoms with van der Waals surface area (Å²) in [4.78, 5) is 11.4. The number of hydrogen-bond acceptors (Lipinski definition) is 4. The molecule has 1 saturated heterocycles. The lowest BCUT2D eigenvalue weighted by atomic mass is 9.93. The van der Waals surface area contributed by atoms with Gasteiger partial charge in [-0.1, -0.05) is 0 Å². The van der Waals surface area contributed by atoms with E-state index in [9.17, 15) is 4.79 Å². The quantitative estimate of drug-likeness (QED) is 0.642. The van der Waals surface area contributed by atoms with Gasteiger partial charge in [-0.3, -0.25) is 0 Å². The summed E-state index contributed by atoms with van der Waals surface area (Å²) >= 11 is 0. The summed E-state index contributed by atoms with van der Waals surface area (Å²) in [6.45, 7) is 7.93. The first-order chi connectivity index (χ1) is 7.38. The molecule has 0 bridgehead atoms. The van der Waals surface area contributed by atoms with Crippen LogP contribution in [0.5, 0.6) is 0 Å². The zero-order valence-electron chi connectivity index (χ0n) is 10.4. The summed E-state index contributed by atoms with van der Waals surface area (Å²) < 4.78 is 5.16. The molecule has 1 heterocycles. The molecule has 16 heavy (non-hydrogen) atoms. The molecule has 0 radical (unpaired) electrons. The Kier molecular flexibility index (Phi) is 4.56. The molecule has 0 spiro atoms. The molecule has 0 aromatic rings. The van der Waals surface area contributed by atoms with Crippen LogP contribution < -0.4 is 16.4 Å². The highest BCUT2D eigenvalue weighted by Gasteiger charge is 2.23. The number of amides is 1. The van der Waals surface area contributed by atoms with E-state index in [1.807, 2.05) is 20.8 Å². The van der Waals surface area contributed by atoms with Crippen molar-refractivity contribution < 1.29 is 9.53 Å². The lowest BCUT2D eigenvalue weighted by molar-refractivity contribution is 0.0514. The largest absolute Gasteiger partial charge is 0.444 e. The highest BCUT2D eigenvalue weighted by Crippen LogP contribution is 2.10. The van der Waals surface area contributed by atoms with Gasteiger partial charge in [0.05, 0.1) is 0 Å². The van der Waals surface area contributed by atoms with Crippen LogP contribution in [0, 0.1) is 5.92 Å². The van der Waals surface area contributed by atoms with Crippen molar-refractivity contribution in [2.75, 3.05) is 19.6 Å². The average Bonchev–Trinajstić information content (AvgIpc) is 2.14. The Balaban J connectivity index is 2.25. The fourth-order valence-electron chi connectivity index (χ4n) is 1.72. The highest BCUT2D eigenvalue weighted by molar-refractivity contribution is 5.67. The third kappa shape index (κ3) is 4.81. The Hall–Kier alpha value is -0.810. The van der Waals surface area contributed by atoms with Gasteiger partial charge in [-0.25, -0.2) is 4.79 Å². The fourth-order valence-corrected chi connectivity index (χ4v) is 1.72. The third-order valence-electron chi connectivity index (χ3n) is 2.58. The van der Waals surface area contributed by atoms with Crippen molar-refractivity contribution in [2.45, 2.75) is 38.8 Å². The Morgan fingerprint density at radius 2 is 2.25 bits per heavy atom. The maximum absolute atomic E-state index is 11.4. The first kappa shape index (κ1) is 13.3. The number of ether oxygens (including phenoxy) is 1. The predicted octanol–water partition coefficient (Wildman–Crippen LogP) is 0.448. The third-order valence-corrected chi connectivity index (χ3v) is 2.58. The molecule has 5 heteroatoms. The van der Waals surface area contributed by atoms with E-state index in [-0.39, 0.29) is 12.1 Å². The second kappa shape index (κ2) is 5.50. The van der Waals surface area contributed by atoms with Crippen LogP contribution in [0.3, 0.4) is 0 Å². The summed E-state index contributed by atoms with van der Waals surface area (Å²) in [6.07, 6.45) is 0.634. The van der Waals surface area contributed by atoms with Gasteiger partial charge < -0.3 is 21.1 Å². The van der Waals surface area contributed by atoms with Crippen molar-refractivity contribution in [1.29, 1.82) is 0 Å². The molecule has 4 N–H and O–H groups in total. The second-order valence-electron chi connectivity index (χ2n) is 5.30. The molecule has 1 aliphatic rings. The average molecular weight is 229 g/mol. The molecular weight excluding hydrogens is 206 g/mol. The van der Waals surface area contributed by atoms with Gasteiger partial charge in [0.15, 0.2) is 0 Å². The monoisotopic (exact) mass is 229 g/mol. The Morgan fingerprint density at radius 1 is 1.56 bits per heavy atom. The van der Waals surface area contributed by atoms with Crippen molar-refractivity contribution in [3.63, 3.8) is 0 Å². The maximum atomic E-state index is 11.4. The Labute approximate surface area is 97.1 Å². The van der Waals surface area contributed by atoms with E-state index in [1.165, 1.54) is 0 Å². The van der Waals surface area contributed by atoms with Crippen LogP contribution in [-0.4, -0.2) is 37.4 Å². The summed E-state index contributed by atoms with van der Waals surface area (Å²) in [5, 5.41) is 5.99. The molecule has 1 rings (SSSR count). The molecule has 2 unspecified atom stereocenters. The molecule has 94 valence electrons. The SMILES string of the molecule is CC(C)(C)OC(=O)NCC1CCNCC1N. The van der Waals surface area contributed by atoms with Gasteiger partial charge in [0.1, 0.15) is 5.60 Å². The number of nitrogens with one attached hydrogen (secondary N) is 2. The zero-order valence-corrected chi connectivity index (χ0v) is 10.4. The number of piperidine rings is 1. The molecule has 1 aliphatic heterocycles. The van der Waals surface area contributed by atoms with Crippen molar-refractivity contribution >= 4 is 6.09 Å². The van der Waals surface area contributed by atoms with E-state index in [4.69, 9.17) is 10.5 Å². The van der Waals surface area contributed by atoms with Crippen molar-refractivity contribution in [3.05, 3.63) is 0 Å². The van der Waals surface area contributed by atoms with Gasteiger partial charge in [0.25, 0.3) is 0 Å². The molecule has 0 aromatic heterocycles. The molecule has 0 saturated carbocycles. The van der Waals surface area contributed by atoms with Crippen LogP contribution in [0.1, 0.15) is 27.2 Å². The van der Waals surface area contributed by atoms with Crippen LogP contribution in [0.15, 0.2) is 0 Å². The number of alkyl carbamates (subject to hydrolysis) is 1. The molecular formula is C11H23N3O2. The summed E-state index contributed by atoms with van der Waals surface area (Å²) in [5.74, 6) is 0.341. The Bertz CT molecular complexity index is 238. The predicted molar refractivity (Wildman–Crippen MR) is 63.2 cm³/mol. The minimum Gasteiger partial charge on any atom is -0.444 e. The van der Waals surface area contributed by atoms with E-state index in [2.05, 4.69) is 10.6 Å². The lowest BCUT2D eigenvalue weighted by Gasteiger charge is -2.29. The standard InChI is InChI=1S/C11H23N3O2/c1-11(2,3)16-10(15)14-6-8-4-5-13-7-9(8)12/h8-9,13H,4-7,12H2,1-3H3,(H,14,15). The van der Waals surface area contributed by atoms with E-state index in [0.717, 1.165) is 19.5 Å². The molecule has 1 amide bonds. The van der Waals surface area contributed by atoms with Gasteiger partial charge in [-0.2, -0.15) is 0 Å². The Morgan fingerprint density at radius 3 is 2.81 bits per heavy atom. The minimum absolute atomic E-state index is 0.115. The zero-order chi connectivity index (χ0) is 12.2. The van der Waals surface area contributed by atoms with Crippen LogP contribution in [0.2, 0.25) is 0 Å². The number of rotatable bonds is 2. The van der Waals surface area contributed by atoms with Crippen molar-refractivity contribution in [1.82, 2.24) is 10.6 Å². The molecule has 1 fully saturated rings. The van der Waals surface area contributed by atoms with E-state index >= 15 is 0 Å². The van der Waals surface area contributed by atoms with Crippen molar-refractivity contribution in [3.8, 4) is 0 Å². The topological polar surface area (TPSA) is 76.4 Å². The number of nitrogens with two attached hydrogens (primary N) is 1. The van der Waals surface area contributed by atoms with Crippen LogP contribution in [0.4, 0.5) is 4.79 Å². The number of carbonyl (C=O) groups excluding carboxylic acids is 1. The highest BCUT2D eigenvalue weighted by atomic mass is 16.6. The van der Waals surface area contributed by atoms with Crippen LogP contribution in [-0.2, 0) is 4.74 Å². The van der Waals surface area contributed by atoms with Gasteiger partial charge in [0, 0.05) is 19.1 Å². The van der Waals surface area contributed by atoms with E-state index in [0.29, 0.717) is 12.5 Å². The maximum Gasteiger partial charge on any atom is 0.407 e. The molecule has 0 aliphatic carbocycles. The second-order valence-corrected chi connectivity index (χ2v) is 5.30. The van der Waals surface area contributed by atoms with Gasteiger partial charge in [-0.15, -0.1) is 0 Å². The van der Waals surface area contributed by atoms with Gasteiger partial charge in [-0.05, 0) is 39.7 Å². The fraction of sp³-hybridized carbons (Fsp3) is 0.909. The molecule has 0 aromatic carbocycles. The lowest BCUT2D eigenvalue weighted by Crippen LogP contribution is -2.50. The first-order valence-corrected chi connectivity index (χ1v) is 5.81. The molecule has 5 nitrogen and oxygen atoms in total. The summed E-state index contributed by atoms with van der Waals surface area (Å²) in [7, 11) is 0. The van der Waals surface area contributed by atoms with Gasteiger partial charge >= 0.3 is 6.09 Å². The van der Waals surface area contributed by atoms with E-state index < -0.39 is 5.60 Å². The summed E-state index contributed by atoms with van der Waals surface area (Å²) in [6, 6.07) is 0.115. The van der Waals surface area contributed by atoms with Crippen LogP contribution in [0.25, 0.3) is 0 Å². The normalized spacial score (nSPS) is 26.2. The minimum atomic E-state index is -0.444. The van der Waals surface area contributed by atoms with Gasteiger partial charge in [0.2, 0.25) is 0 Å². The van der Waals surface area contributed by atoms with Crippen LogP contribution >= 0.6 is 0 Å².